The van der Waals surface area contributed by atoms with E-state index in [1.807, 2.05) is 24.4 Å². The van der Waals surface area contributed by atoms with Gasteiger partial charge in [0.2, 0.25) is 0 Å². The van der Waals surface area contributed by atoms with Crippen molar-refractivity contribution in [2.45, 2.75) is 39.5 Å². The van der Waals surface area contributed by atoms with Gasteiger partial charge in [-0.1, -0.05) is 64.1 Å². The predicted molar refractivity (Wildman–Crippen MR) is 195 cm³/mol. The molecule has 5 aromatic carbocycles. The van der Waals surface area contributed by atoms with Crippen LogP contribution in [0.2, 0.25) is 0 Å². The van der Waals surface area contributed by atoms with Gasteiger partial charge in [-0.25, -0.2) is 9.37 Å². The molecule has 48 heavy (non-hydrogen) atoms. The summed E-state index contributed by atoms with van der Waals surface area (Å²) in [6, 6.07) is 40.6. The first kappa shape index (κ1) is 29.8. The van der Waals surface area contributed by atoms with Gasteiger partial charge in [-0.3, -0.25) is 4.57 Å². The molecule has 2 aromatic heterocycles. The van der Waals surface area contributed by atoms with Crippen molar-refractivity contribution in [2.75, 3.05) is 16.5 Å². The largest absolute Gasteiger partial charge is 0.457 e. The van der Waals surface area contributed by atoms with E-state index in [1.54, 1.807) is 12.1 Å². The van der Waals surface area contributed by atoms with Gasteiger partial charge in [0.1, 0.15) is 29.8 Å². The quantitative estimate of drug-likeness (QED) is 0.183. The Kier molecular flexibility index (Phi) is 7.17. The number of aromatic nitrogens is 2. The lowest BCUT2D eigenvalue weighted by atomic mass is 9.86. The highest BCUT2D eigenvalue weighted by molar-refractivity contribution is 6.09. The third-order valence-electron chi connectivity index (χ3n) is 9.26. The highest BCUT2D eigenvalue weighted by Gasteiger charge is 2.29. The third-order valence-corrected chi connectivity index (χ3v) is 9.26. The van der Waals surface area contributed by atoms with Crippen LogP contribution in [0.15, 0.2) is 128 Å². The Morgan fingerprint density at radius 3 is 2.21 bits per heavy atom. The van der Waals surface area contributed by atoms with Crippen molar-refractivity contribution in [3.05, 3.63) is 144 Å². The Labute approximate surface area is 280 Å². The number of pyridine rings is 1. The molecule has 3 heterocycles. The molecule has 0 aliphatic carbocycles. The van der Waals surface area contributed by atoms with Crippen LogP contribution in [0, 0.1) is 5.82 Å². The number of nitrogens with zero attached hydrogens (tertiary/aromatic N) is 4. The second-order valence-corrected chi connectivity index (χ2v) is 13.4. The molecule has 0 unspecified atom stereocenters. The molecule has 6 heteroatoms. The Hall–Kier alpha value is -5.62. The number of hydrogen-bond donors (Lipinski definition) is 0. The summed E-state index contributed by atoms with van der Waals surface area (Å²) in [4.78, 5) is 9.20. The number of para-hydroxylation sites is 3. The van der Waals surface area contributed by atoms with Gasteiger partial charge < -0.3 is 14.5 Å². The number of benzene rings is 5. The smallest absolute Gasteiger partial charge is 0.137 e. The van der Waals surface area contributed by atoms with Crippen LogP contribution in [0.25, 0.3) is 27.6 Å². The van der Waals surface area contributed by atoms with Crippen molar-refractivity contribution >= 4 is 44.6 Å². The van der Waals surface area contributed by atoms with Crippen LogP contribution in [0.1, 0.15) is 38.8 Å². The highest BCUT2D eigenvalue weighted by atomic mass is 19.1. The average Bonchev–Trinajstić information content (AvgIpc) is 3.64. The number of ether oxygens (including phenoxy) is 1. The standard InChI is InChI=1S/C42H37FN4O/c1-5-28-19-20-44-41(21-28)47-37-14-7-6-13-35(37)36-18-17-33(26-40(36)47)48-34-23-29(42(2,3)4)22-32(25-34)46-27-45(31-12-10-11-30(43)24-31)38-15-8-9-16-39(38)46/h6-26H,5,27H2,1-4H3. The van der Waals surface area contributed by atoms with Gasteiger partial charge in [-0.15, -0.1) is 0 Å². The summed E-state index contributed by atoms with van der Waals surface area (Å²) in [5.41, 5.74) is 8.35. The monoisotopic (exact) mass is 632 g/mol. The number of anilines is 4. The maximum absolute atomic E-state index is 14.3. The lowest BCUT2D eigenvalue weighted by Crippen LogP contribution is -2.24. The average molecular weight is 633 g/mol. The predicted octanol–water partition coefficient (Wildman–Crippen LogP) is 11.2. The molecule has 0 fully saturated rings. The number of aryl methyl sites for hydroxylation is 1. The summed E-state index contributed by atoms with van der Waals surface area (Å²) < 4.78 is 23.3. The van der Waals surface area contributed by atoms with Gasteiger partial charge in [0.05, 0.1) is 22.4 Å². The highest BCUT2D eigenvalue weighted by Crippen LogP contribution is 2.46. The second kappa shape index (κ2) is 11.6. The molecule has 5 nitrogen and oxygen atoms in total. The zero-order chi connectivity index (χ0) is 33.0. The van der Waals surface area contributed by atoms with Crippen LogP contribution in [-0.4, -0.2) is 16.2 Å². The van der Waals surface area contributed by atoms with E-state index < -0.39 is 0 Å². The van der Waals surface area contributed by atoms with Crippen LogP contribution < -0.4 is 14.5 Å². The molecule has 0 amide bonds. The minimum Gasteiger partial charge on any atom is -0.457 e. The number of halogens is 1. The summed E-state index contributed by atoms with van der Waals surface area (Å²) in [5, 5.41) is 2.33. The molecule has 7 aromatic rings. The van der Waals surface area contributed by atoms with Gasteiger partial charge in [-0.05, 0) is 95.8 Å². The van der Waals surface area contributed by atoms with Crippen LogP contribution in [-0.2, 0) is 11.8 Å². The van der Waals surface area contributed by atoms with Gasteiger partial charge in [0.15, 0.2) is 0 Å². The lowest BCUT2D eigenvalue weighted by molar-refractivity contribution is 0.479. The zero-order valence-corrected chi connectivity index (χ0v) is 27.6. The maximum atomic E-state index is 14.3. The van der Waals surface area contributed by atoms with E-state index in [9.17, 15) is 4.39 Å². The number of rotatable bonds is 6. The summed E-state index contributed by atoms with van der Waals surface area (Å²) >= 11 is 0. The van der Waals surface area contributed by atoms with Crippen molar-refractivity contribution < 1.29 is 9.13 Å². The molecule has 1 aliphatic rings. The fraction of sp³-hybridized carbons (Fsp3) is 0.167. The minimum absolute atomic E-state index is 0.123. The Morgan fingerprint density at radius 1 is 0.688 bits per heavy atom. The maximum Gasteiger partial charge on any atom is 0.137 e. The molecule has 1 aliphatic heterocycles. The van der Waals surface area contributed by atoms with Crippen LogP contribution >= 0.6 is 0 Å². The summed E-state index contributed by atoms with van der Waals surface area (Å²) in [6.45, 7) is 9.36. The van der Waals surface area contributed by atoms with Crippen molar-refractivity contribution in [1.29, 1.82) is 0 Å². The van der Waals surface area contributed by atoms with Crippen molar-refractivity contribution in [1.82, 2.24) is 9.55 Å². The van der Waals surface area contributed by atoms with Crippen LogP contribution in [0.4, 0.5) is 27.1 Å². The van der Waals surface area contributed by atoms with E-state index in [1.165, 1.54) is 17.0 Å². The molecule has 0 saturated heterocycles. The Morgan fingerprint density at radius 2 is 1.44 bits per heavy atom. The first-order chi connectivity index (χ1) is 23.3. The Balaban J connectivity index is 1.22. The molecule has 0 spiro atoms. The van der Waals surface area contributed by atoms with Crippen molar-refractivity contribution in [2.24, 2.45) is 0 Å². The number of fused-ring (bicyclic) bond motifs is 4. The summed E-state index contributed by atoms with van der Waals surface area (Å²) in [6.07, 6.45) is 2.83. The molecule has 8 rings (SSSR count). The van der Waals surface area contributed by atoms with Gasteiger partial charge >= 0.3 is 0 Å². The molecule has 0 bridgehead atoms. The first-order valence-corrected chi connectivity index (χ1v) is 16.5. The molecule has 238 valence electrons. The fourth-order valence-electron chi connectivity index (χ4n) is 6.73. The van der Waals surface area contributed by atoms with E-state index in [-0.39, 0.29) is 11.2 Å². The topological polar surface area (TPSA) is 33.5 Å². The minimum atomic E-state index is -0.251. The Bertz CT molecular complexity index is 2320. The van der Waals surface area contributed by atoms with Gasteiger partial charge in [0.25, 0.3) is 0 Å². The second-order valence-electron chi connectivity index (χ2n) is 13.4. The van der Waals surface area contributed by atoms with Crippen molar-refractivity contribution in [3.63, 3.8) is 0 Å². The van der Waals surface area contributed by atoms with Crippen LogP contribution in [0.5, 0.6) is 11.5 Å². The summed E-state index contributed by atoms with van der Waals surface area (Å²) in [5.74, 6) is 2.15. The van der Waals surface area contributed by atoms with E-state index in [0.717, 1.165) is 68.5 Å². The van der Waals surface area contributed by atoms with Gasteiger partial charge in [0, 0.05) is 40.5 Å². The first-order valence-electron chi connectivity index (χ1n) is 16.5. The van der Waals surface area contributed by atoms with E-state index in [0.29, 0.717) is 6.67 Å². The third kappa shape index (κ3) is 5.23. The molecule has 0 saturated carbocycles. The van der Waals surface area contributed by atoms with E-state index in [4.69, 9.17) is 9.72 Å². The molecule has 0 atom stereocenters. The van der Waals surface area contributed by atoms with Gasteiger partial charge in [-0.2, -0.15) is 0 Å². The lowest BCUT2D eigenvalue weighted by Gasteiger charge is -2.26. The number of hydrogen-bond acceptors (Lipinski definition) is 4. The molecule has 0 N–H and O–H groups in total. The van der Waals surface area contributed by atoms with Crippen molar-refractivity contribution in [3.8, 4) is 17.3 Å². The van der Waals surface area contributed by atoms with E-state index >= 15 is 0 Å². The summed E-state index contributed by atoms with van der Waals surface area (Å²) in [7, 11) is 0. The normalized spacial score (nSPS) is 13.0. The fourth-order valence-corrected chi connectivity index (χ4v) is 6.73. The SMILES string of the molecule is CCc1ccnc(-n2c3ccccc3c3ccc(Oc4cc(N5CN(c6cccc(F)c6)c6ccccc65)cc(C(C)(C)C)c4)cc32)c1. The van der Waals surface area contributed by atoms with Crippen LogP contribution in [0.3, 0.4) is 0 Å². The van der Waals surface area contributed by atoms with E-state index in [2.05, 4.69) is 127 Å². The zero-order valence-electron chi connectivity index (χ0n) is 27.6. The molecular weight excluding hydrogens is 595 g/mol. The molecular formula is C42H37FN4O. The molecule has 0 radical (unpaired) electrons.